The third kappa shape index (κ3) is 1.60. The molecule has 1 aliphatic carbocycles. The average molecular weight is 224 g/mol. The summed E-state index contributed by atoms with van der Waals surface area (Å²) in [6.45, 7) is 3.81. The lowest BCUT2D eigenvalue weighted by Gasteiger charge is -2.43. The molecule has 3 aliphatic rings. The largest absolute Gasteiger partial charge is 0.379 e. The van der Waals surface area contributed by atoms with Crippen LogP contribution in [0.3, 0.4) is 0 Å². The van der Waals surface area contributed by atoms with Gasteiger partial charge in [-0.15, -0.1) is 0 Å². The third-order valence-electron chi connectivity index (χ3n) is 5.08. The first-order valence-corrected chi connectivity index (χ1v) is 6.90. The minimum absolute atomic E-state index is 0.191. The van der Waals surface area contributed by atoms with Gasteiger partial charge in [0.05, 0.1) is 12.1 Å². The molecule has 3 unspecified atom stereocenters. The Balaban J connectivity index is 1.78. The summed E-state index contributed by atoms with van der Waals surface area (Å²) in [6.07, 6.45) is 8.24. The van der Waals surface area contributed by atoms with Crippen molar-refractivity contribution in [2.24, 2.45) is 11.7 Å². The summed E-state index contributed by atoms with van der Waals surface area (Å²) >= 11 is 0. The number of rotatable bonds is 2. The van der Waals surface area contributed by atoms with Gasteiger partial charge in [0.1, 0.15) is 0 Å². The van der Waals surface area contributed by atoms with Crippen molar-refractivity contribution < 1.29 is 4.74 Å². The van der Waals surface area contributed by atoms with Crippen LogP contribution in [-0.4, -0.2) is 42.8 Å². The predicted molar refractivity (Wildman–Crippen MR) is 64.3 cm³/mol. The Labute approximate surface area is 98.3 Å². The second-order valence-corrected chi connectivity index (χ2v) is 5.83. The van der Waals surface area contributed by atoms with Gasteiger partial charge in [0, 0.05) is 19.2 Å². The fraction of sp³-hybridized carbons (Fsp3) is 1.00. The SMILES string of the molecule is NCC1(N2CCC3CCCCC32)CCOC1. The first-order chi connectivity index (χ1) is 7.86. The molecule has 0 radical (unpaired) electrons. The molecule has 0 spiro atoms. The first-order valence-electron chi connectivity index (χ1n) is 6.90. The highest BCUT2D eigenvalue weighted by Crippen LogP contribution is 2.41. The van der Waals surface area contributed by atoms with Gasteiger partial charge in [-0.3, -0.25) is 4.90 Å². The highest BCUT2D eigenvalue weighted by atomic mass is 16.5. The van der Waals surface area contributed by atoms with Gasteiger partial charge in [0.25, 0.3) is 0 Å². The number of likely N-dealkylation sites (tertiary alicyclic amines) is 1. The molecule has 3 nitrogen and oxygen atoms in total. The summed E-state index contributed by atoms with van der Waals surface area (Å²) in [5.74, 6) is 0.956. The van der Waals surface area contributed by atoms with Crippen LogP contribution in [0.4, 0.5) is 0 Å². The maximum absolute atomic E-state index is 6.05. The van der Waals surface area contributed by atoms with E-state index in [4.69, 9.17) is 10.5 Å². The van der Waals surface area contributed by atoms with Crippen LogP contribution in [0.1, 0.15) is 38.5 Å². The molecule has 0 bridgehead atoms. The van der Waals surface area contributed by atoms with Crippen molar-refractivity contribution >= 4 is 0 Å². The van der Waals surface area contributed by atoms with Crippen LogP contribution in [0.5, 0.6) is 0 Å². The molecule has 0 aromatic heterocycles. The molecule has 0 aromatic rings. The van der Waals surface area contributed by atoms with Gasteiger partial charge in [-0.1, -0.05) is 12.8 Å². The van der Waals surface area contributed by atoms with Crippen molar-refractivity contribution in [3.8, 4) is 0 Å². The van der Waals surface area contributed by atoms with Crippen molar-refractivity contribution in [1.82, 2.24) is 4.90 Å². The standard InChI is InChI=1S/C13H24N2O/c14-9-13(6-8-16-10-13)15-7-5-11-3-1-2-4-12(11)15/h11-12H,1-10,14H2. The molecule has 3 rings (SSSR count). The van der Waals surface area contributed by atoms with Crippen molar-refractivity contribution in [2.75, 3.05) is 26.3 Å². The van der Waals surface area contributed by atoms with Crippen molar-refractivity contribution in [3.63, 3.8) is 0 Å². The van der Waals surface area contributed by atoms with E-state index in [2.05, 4.69) is 4.90 Å². The van der Waals surface area contributed by atoms with Crippen molar-refractivity contribution in [3.05, 3.63) is 0 Å². The van der Waals surface area contributed by atoms with E-state index in [9.17, 15) is 0 Å². The quantitative estimate of drug-likeness (QED) is 0.770. The number of nitrogens with two attached hydrogens (primary N) is 1. The van der Waals surface area contributed by atoms with Crippen LogP contribution in [-0.2, 0) is 4.74 Å². The topological polar surface area (TPSA) is 38.5 Å². The molecule has 0 aromatic carbocycles. The molecule has 92 valence electrons. The summed E-state index contributed by atoms with van der Waals surface area (Å²) < 4.78 is 5.62. The molecule has 3 atom stereocenters. The maximum atomic E-state index is 6.05. The third-order valence-corrected chi connectivity index (χ3v) is 5.08. The number of fused-ring (bicyclic) bond motifs is 1. The smallest absolute Gasteiger partial charge is 0.0663 e. The highest BCUT2D eigenvalue weighted by molar-refractivity contribution is 5.03. The Hall–Kier alpha value is -0.120. The molecule has 1 saturated carbocycles. The van der Waals surface area contributed by atoms with E-state index in [1.54, 1.807) is 0 Å². The summed E-state index contributed by atoms with van der Waals surface area (Å²) in [5.41, 5.74) is 6.24. The van der Waals surface area contributed by atoms with Crippen LogP contribution in [0.15, 0.2) is 0 Å². The van der Waals surface area contributed by atoms with E-state index in [-0.39, 0.29) is 5.54 Å². The number of hydrogen-bond acceptors (Lipinski definition) is 3. The van der Waals surface area contributed by atoms with Gasteiger partial charge in [-0.25, -0.2) is 0 Å². The van der Waals surface area contributed by atoms with Gasteiger partial charge in [-0.2, -0.15) is 0 Å². The van der Waals surface area contributed by atoms with Crippen molar-refractivity contribution in [1.29, 1.82) is 0 Å². The molecule has 0 amide bonds. The molecule has 3 heteroatoms. The molecule has 3 fully saturated rings. The normalized spacial score (nSPS) is 44.8. The summed E-state index contributed by atoms with van der Waals surface area (Å²) in [5, 5.41) is 0. The second-order valence-electron chi connectivity index (χ2n) is 5.83. The zero-order valence-corrected chi connectivity index (χ0v) is 10.2. The number of ether oxygens (including phenoxy) is 1. The Morgan fingerprint density at radius 3 is 2.88 bits per heavy atom. The Bertz CT molecular complexity index is 250. The van der Waals surface area contributed by atoms with E-state index < -0.39 is 0 Å². The molecule has 2 N–H and O–H groups in total. The van der Waals surface area contributed by atoms with Gasteiger partial charge in [-0.05, 0) is 38.1 Å². The van der Waals surface area contributed by atoms with Gasteiger partial charge in [0.15, 0.2) is 0 Å². The number of hydrogen-bond donors (Lipinski definition) is 1. The monoisotopic (exact) mass is 224 g/mol. The fourth-order valence-electron chi connectivity index (χ4n) is 4.10. The van der Waals surface area contributed by atoms with Crippen LogP contribution in [0.25, 0.3) is 0 Å². The van der Waals surface area contributed by atoms with Crippen LogP contribution in [0.2, 0.25) is 0 Å². The lowest BCUT2D eigenvalue weighted by atomic mass is 9.83. The Morgan fingerprint density at radius 1 is 1.25 bits per heavy atom. The lowest BCUT2D eigenvalue weighted by Crippen LogP contribution is -2.57. The Morgan fingerprint density at radius 2 is 2.12 bits per heavy atom. The maximum Gasteiger partial charge on any atom is 0.0663 e. The molecule has 2 aliphatic heterocycles. The van der Waals surface area contributed by atoms with Crippen LogP contribution in [0, 0.1) is 5.92 Å². The predicted octanol–water partition coefficient (Wildman–Crippen LogP) is 1.37. The zero-order chi connectivity index (χ0) is 11.0. The summed E-state index contributed by atoms with van der Waals surface area (Å²) in [7, 11) is 0. The van der Waals surface area contributed by atoms with E-state index in [1.165, 1.54) is 38.6 Å². The minimum Gasteiger partial charge on any atom is -0.379 e. The van der Waals surface area contributed by atoms with Crippen LogP contribution >= 0.6 is 0 Å². The zero-order valence-electron chi connectivity index (χ0n) is 10.2. The molecule has 2 saturated heterocycles. The molecular weight excluding hydrogens is 200 g/mol. The highest BCUT2D eigenvalue weighted by Gasteiger charge is 2.47. The van der Waals surface area contributed by atoms with Crippen LogP contribution < -0.4 is 5.73 Å². The number of nitrogens with zero attached hydrogens (tertiary/aromatic N) is 1. The van der Waals surface area contributed by atoms with Gasteiger partial charge in [0.2, 0.25) is 0 Å². The minimum atomic E-state index is 0.191. The fourth-order valence-corrected chi connectivity index (χ4v) is 4.10. The molecule has 16 heavy (non-hydrogen) atoms. The van der Waals surface area contributed by atoms with Gasteiger partial charge >= 0.3 is 0 Å². The first kappa shape index (κ1) is 11.0. The molecule has 2 heterocycles. The molecular formula is C13H24N2O. The summed E-state index contributed by atoms with van der Waals surface area (Å²) in [6, 6.07) is 0.819. The summed E-state index contributed by atoms with van der Waals surface area (Å²) in [4.78, 5) is 2.73. The Kier molecular flexibility index (Phi) is 2.94. The second kappa shape index (κ2) is 4.28. The van der Waals surface area contributed by atoms with Gasteiger partial charge < -0.3 is 10.5 Å². The van der Waals surface area contributed by atoms with E-state index in [0.717, 1.165) is 38.1 Å². The average Bonchev–Trinajstić information content (AvgIpc) is 2.96. The van der Waals surface area contributed by atoms with Crippen molar-refractivity contribution in [2.45, 2.75) is 50.1 Å². The van der Waals surface area contributed by atoms with E-state index in [0.29, 0.717) is 0 Å². The lowest BCUT2D eigenvalue weighted by molar-refractivity contribution is 0.0420. The van der Waals surface area contributed by atoms with E-state index >= 15 is 0 Å². The van der Waals surface area contributed by atoms with E-state index in [1.807, 2.05) is 0 Å².